The van der Waals surface area contributed by atoms with Gasteiger partial charge in [-0.3, -0.25) is 19.2 Å². The summed E-state index contributed by atoms with van der Waals surface area (Å²) in [7, 11) is 1.48. The van der Waals surface area contributed by atoms with Crippen molar-refractivity contribution in [3.63, 3.8) is 0 Å². The Bertz CT molecular complexity index is 905. The number of rotatable bonds is 9. The highest BCUT2D eigenvalue weighted by Gasteiger charge is 2.32. The van der Waals surface area contributed by atoms with E-state index in [0.717, 1.165) is 19.1 Å². The fourth-order valence-corrected chi connectivity index (χ4v) is 4.42. The van der Waals surface area contributed by atoms with Crippen LogP contribution in [-0.2, 0) is 19.2 Å². The molecule has 34 heavy (non-hydrogen) atoms. The van der Waals surface area contributed by atoms with E-state index in [9.17, 15) is 24.0 Å². The first-order chi connectivity index (χ1) is 16.5. The van der Waals surface area contributed by atoms with Crippen molar-refractivity contribution in [2.24, 2.45) is 11.8 Å². The van der Waals surface area contributed by atoms with Crippen molar-refractivity contribution < 1.29 is 28.7 Å². The Balaban J connectivity index is 1.57. The molecule has 0 bridgehead atoms. The van der Waals surface area contributed by atoms with E-state index in [1.807, 2.05) is 4.90 Å². The van der Waals surface area contributed by atoms with Gasteiger partial charge >= 0.3 is 0 Å². The van der Waals surface area contributed by atoms with Crippen LogP contribution in [0.25, 0.3) is 0 Å². The van der Waals surface area contributed by atoms with Crippen molar-refractivity contribution in [3.8, 4) is 5.75 Å². The lowest BCUT2D eigenvalue weighted by Crippen LogP contribution is -2.46. The van der Waals surface area contributed by atoms with Gasteiger partial charge in [0.05, 0.1) is 12.8 Å². The van der Waals surface area contributed by atoms with Crippen molar-refractivity contribution in [2.45, 2.75) is 32.1 Å². The smallest absolute Gasteiger partial charge is 0.253 e. The van der Waals surface area contributed by atoms with E-state index in [-0.39, 0.29) is 42.5 Å². The molecule has 2 aliphatic rings. The summed E-state index contributed by atoms with van der Waals surface area (Å²) in [4.78, 5) is 62.9. The number of likely N-dealkylation sites (tertiary alicyclic amines) is 2. The van der Waals surface area contributed by atoms with E-state index in [2.05, 4.69) is 10.6 Å². The lowest BCUT2D eigenvalue weighted by atomic mass is 9.92. The predicted molar refractivity (Wildman–Crippen MR) is 124 cm³/mol. The summed E-state index contributed by atoms with van der Waals surface area (Å²) in [6, 6.07) is 4.87. The van der Waals surface area contributed by atoms with Gasteiger partial charge in [0.2, 0.25) is 18.2 Å². The second-order valence-corrected chi connectivity index (χ2v) is 8.65. The lowest BCUT2D eigenvalue weighted by molar-refractivity contribution is -0.139. The number of carbonyl (C=O) groups excluding carboxylic acids is 5. The van der Waals surface area contributed by atoms with Crippen LogP contribution in [0.4, 0.5) is 5.69 Å². The van der Waals surface area contributed by atoms with E-state index in [4.69, 9.17) is 4.74 Å². The summed E-state index contributed by atoms with van der Waals surface area (Å²) in [6.45, 7) is 2.40. The van der Waals surface area contributed by atoms with E-state index in [1.165, 1.54) is 7.11 Å². The SMILES string of the molecule is COc1ccc(C(=O)N2CCC(C(=O)N3CCC(C=O)CC3)CC2)cc1NC(=O)CCNC=O. The van der Waals surface area contributed by atoms with Crippen molar-refractivity contribution in [2.75, 3.05) is 45.2 Å². The van der Waals surface area contributed by atoms with Gasteiger partial charge in [0.25, 0.3) is 5.91 Å². The maximum absolute atomic E-state index is 13.1. The minimum absolute atomic E-state index is 0.0516. The first-order valence-electron chi connectivity index (χ1n) is 11.6. The predicted octanol–water partition coefficient (Wildman–Crippen LogP) is 1.06. The number of piperidine rings is 2. The molecular formula is C24H32N4O6. The van der Waals surface area contributed by atoms with E-state index >= 15 is 0 Å². The molecule has 0 aliphatic carbocycles. The summed E-state index contributed by atoms with van der Waals surface area (Å²) >= 11 is 0. The first kappa shape index (κ1) is 25.2. The molecule has 2 aliphatic heterocycles. The number of ether oxygens (including phenoxy) is 1. The van der Waals surface area contributed by atoms with Crippen LogP contribution in [-0.4, -0.2) is 80.1 Å². The number of hydrogen-bond donors (Lipinski definition) is 2. The van der Waals surface area contributed by atoms with Gasteiger partial charge in [-0.2, -0.15) is 0 Å². The Morgan fingerprint density at radius 2 is 1.71 bits per heavy atom. The molecule has 2 N–H and O–H groups in total. The molecule has 10 heteroatoms. The Morgan fingerprint density at radius 1 is 1.03 bits per heavy atom. The van der Waals surface area contributed by atoms with Crippen LogP contribution < -0.4 is 15.4 Å². The van der Waals surface area contributed by atoms with Gasteiger partial charge in [-0.25, -0.2) is 0 Å². The fourth-order valence-electron chi connectivity index (χ4n) is 4.42. The van der Waals surface area contributed by atoms with E-state index in [0.29, 0.717) is 62.4 Å². The van der Waals surface area contributed by atoms with Gasteiger partial charge in [-0.05, 0) is 43.9 Å². The van der Waals surface area contributed by atoms with Crippen LogP contribution in [0.2, 0.25) is 0 Å². The Morgan fingerprint density at radius 3 is 2.32 bits per heavy atom. The zero-order valence-corrected chi connectivity index (χ0v) is 19.5. The number of nitrogens with one attached hydrogen (secondary N) is 2. The Hall–Kier alpha value is -3.43. The number of hydrogen-bond acceptors (Lipinski definition) is 6. The van der Waals surface area contributed by atoms with Gasteiger partial charge in [-0.1, -0.05) is 0 Å². The zero-order chi connectivity index (χ0) is 24.5. The summed E-state index contributed by atoms with van der Waals surface area (Å²) in [5.74, 6) is 0.0105. The topological polar surface area (TPSA) is 125 Å². The van der Waals surface area contributed by atoms with Gasteiger partial charge in [0.15, 0.2) is 0 Å². The van der Waals surface area contributed by atoms with Crippen LogP contribution in [0.1, 0.15) is 42.5 Å². The normalized spacial score (nSPS) is 17.1. The molecule has 0 unspecified atom stereocenters. The van der Waals surface area contributed by atoms with Crippen LogP contribution in [0.5, 0.6) is 5.75 Å². The molecule has 0 spiro atoms. The van der Waals surface area contributed by atoms with Gasteiger partial charge in [0, 0.05) is 56.5 Å². The monoisotopic (exact) mass is 472 g/mol. The van der Waals surface area contributed by atoms with Gasteiger partial charge < -0.3 is 30.0 Å². The number of benzene rings is 1. The highest BCUT2D eigenvalue weighted by Crippen LogP contribution is 2.28. The molecule has 10 nitrogen and oxygen atoms in total. The van der Waals surface area contributed by atoms with Gasteiger partial charge in [-0.15, -0.1) is 0 Å². The van der Waals surface area contributed by atoms with Crippen molar-refractivity contribution in [3.05, 3.63) is 23.8 Å². The molecule has 3 rings (SSSR count). The fraction of sp³-hybridized carbons (Fsp3) is 0.542. The minimum Gasteiger partial charge on any atom is -0.495 e. The summed E-state index contributed by atoms with van der Waals surface area (Å²) in [6.07, 6.45) is 4.23. The molecule has 2 fully saturated rings. The molecule has 0 aromatic heterocycles. The second kappa shape index (κ2) is 12.2. The third kappa shape index (κ3) is 6.33. The maximum Gasteiger partial charge on any atom is 0.253 e. The molecule has 2 saturated heterocycles. The zero-order valence-electron chi connectivity index (χ0n) is 19.5. The molecule has 4 amide bonds. The molecule has 0 saturated carbocycles. The van der Waals surface area contributed by atoms with E-state index in [1.54, 1.807) is 23.1 Å². The number of carbonyl (C=O) groups is 5. The Labute approximate surface area is 199 Å². The van der Waals surface area contributed by atoms with E-state index < -0.39 is 0 Å². The van der Waals surface area contributed by atoms with Gasteiger partial charge in [0.1, 0.15) is 12.0 Å². The average molecular weight is 473 g/mol. The molecule has 184 valence electrons. The highest BCUT2D eigenvalue weighted by atomic mass is 16.5. The van der Waals surface area contributed by atoms with Crippen LogP contribution >= 0.6 is 0 Å². The average Bonchev–Trinajstić information content (AvgIpc) is 2.88. The number of methoxy groups -OCH3 is 1. The van der Waals surface area contributed by atoms with Crippen LogP contribution in [0.15, 0.2) is 18.2 Å². The third-order valence-corrected chi connectivity index (χ3v) is 6.48. The number of nitrogens with zero attached hydrogens (tertiary/aromatic N) is 2. The van der Waals surface area contributed by atoms with Crippen molar-refractivity contribution in [1.82, 2.24) is 15.1 Å². The number of anilines is 1. The summed E-state index contributed by atoms with van der Waals surface area (Å²) in [5.41, 5.74) is 0.802. The Kier molecular flexibility index (Phi) is 9.00. The quantitative estimate of drug-likeness (QED) is 0.409. The van der Waals surface area contributed by atoms with Crippen molar-refractivity contribution in [1.29, 1.82) is 0 Å². The molecule has 0 atom stereocenters. The minimum atomic E-state index is -0.311. The largest absolute Gasteiger partial charge is 0.495 e. The molecular weight excluding hydrogens is 440 g/mol. The van der Waals surface area contributed by atoms with Crippen molar-refractivity contribution >= 4 is 36.1 Å². The standard InChI is InChI=1S/C24H32N4O6/c1-34-21-3-2-19(14-20(21)26-22(31)4-9-25-16-30)24(33)28-12-7-18(8-13-28)23(32)27-10-5-17(15-29)6-11-27/h2-3,14-18H,4-13H2,1H3,(H,25,30)(H,26,31). The lowest BCUT2D eigenvalue weighted by Gasteiger charge is -2.36. The first-order valence-corrected chi connectivity index (χ1v) is 11.6. The van der Waals surface area contributed by atoms with Crippen LogP contribution in [0.3, 0.4) is 0 Å². The molecule has 1 aromatic rings. The number of aldehydes is 1. The third-order valence-electron chi connectivity index (χ3n) is 6.48. The molecule has 2 heterocycles. The molecule has 1 aromatic carbocycles. The number of amides is 4. The summed E-state index contributed by atoms with van der Waals surface area (Å²) in [5, 5.41) is 5.15. The molecule has 0 radical (unpaired) electrons. The summed E-state index contributed by atoms with van der Waals surface area (Å²) < 4.78 is 5.29. The second-order valence-electron chi connectivity index (χ2n) is 8.65. The van der Waals surface area contributed by atoms with Crippen LogP contribution in [0, 0.1) is 11.8 Å². The highest BCUT2D eigenvalue weighted by molar-refractivity contribution is 5.98. The maximum atomic E-state index is 13.1.